The molecule has 1 unspecified atom stereocenters. The Morgan fingerprint density at radius 2 is 1.73 bits per heavy atom. The van der Waals surface area contributed by atoms with Crippen LogP contribution in [0.5, 0.6) is 0 Å². The maximum absolute atomic E-state index is 12.9. The van der Waals surface area contributed by atoms with E-state index in [0.29, 0.717) is 10.8 Å². The molecule has 0 fully saturated rings. The number of Topliss-reactive ketones (excluding diaryl/α,β-unsaturated/α-hetero) is 1. The van der Waals surface area contributed by atoms with Crippen LogP contribution in [-0.4, -0.2) is 38.4 Å². The Morgan fingerprint density at radius 3 is 2.39 bits per heavy atom. The molecule has 2 amide bonds. The number of aromatic nitrogens is 3. The average molecular weight is 460 g/mol. The van der Waals surface area contributed by atoms with Gasteiger partial charge in [0.2, 0.25) is 10.9 Å². The van der Waals surface area contributed by atoms with Crippen molar-refractivity contribution >= 4 is 28.9 Å². The van der Waals surface area contributed by atoms with Gasteiger partial charge in [-0.2, -0.15) is 5.10 Å². The van der Waals surface area contributed by atoms with Gasteiger partial charge in [0, 0.05) is 18.3 Å². The van der Waals surface area contributed by atoms with Crippen LogP contribution in [0.3, 0.4) is 0 Å². The predicted molar refractivity (Wildman–Crippen MR) is 125 cm³/mol. The van der Waals surface area contributed by atoms with Gasteiger partial charge in [0.1, 0.15) is 6.04 Å². The van der Waals surface area contributed by atoms with Crippen molar-refractivity contribution in [1.82, 2.24) is 20.1 Å². The topological polar surface area (TPSA) is 120 Å². The van der Waals surface area contributed by atoms with Gasteiger partial charge < -0.3 is 11.1 Å². The van der Waals surface area contributed by atoms with E-state index >= 15 is 0 Å². The van der Waals surface area contributed by atoms with Gasteiger partial charge in [-0.3, -0.25) is 14.4 Å². The Bertz CT molecular complexity index is 1300. The number of hydrogen-bond donors (Lipinski definition) is 2. The lowest BCUT2D eigenvalue weighted by molar-refractivity contribution is -0.137. The molecule has 0 spiro atoms. The molecular formula is C24H21N5O3S. The van der Waals surface area contributed by atoms with Gasteiger partial charge in [0.15, 0.2) is 5.69 Å². The molecule has 2 aromatic heterocycles. The average Bonchev–Trinajstić information content (AvgIpc) is 3.46. The van der Waals surface area contributed by atoms with E-state index < -0.39 is 23.6 Å². The monoisotopic (exact) mass is 459 g/mol. The smallest absolute Gasteiger partial charge is 0.287 e. The minimum atomic E-state index is -1.10. The number of nitrogens with zero attached hydrogens (tertiary/aromatic N) is 3. The van der Waals surface area contributed by atoms with Gasteiger partial charge in [-0.15, -0.1) is 0 Å². The Hall–Kier alpha value is -4.11. The lowest BCUT2D eigenvalue weighted by Crippen LogP contribution is -2.47. The van der Waals surface area contributed by atoms with E-state index in [9.17, 15) is 14.4 Å². The number of hydrogen-bond acceptors (Lipinski definition) is 6. The molecule has 1 atom stereocenters. The summed E-state index contributed by atoms with van der Waals surface area (Å²) in [7, 11) is 0. The first-order valence-corrected chi connectivity index (χ1v) is 11.0. The fourth-order valence-corrected chi connectivity index (χ4v) is 4.27. The summed E-state index contributed by atoms with van der Waals surface area (Å²) < 4.78 is 1.58. The molecule has 2 heterocycles. The van der Waals surface area contributed by atoms with E-state index in [1.54, 1.807) is 29.1 Å². The number of rotatable bonds is 8. The van der Waals surface area contributed by atoms with Gasteiger partial charge in [-0.25, -0.2) is 9.67 Å². The summed E-state index contributed by atoms with van der Waals surface area (Å²) in [5.41, 5.74) is 7.83. The zero-order chi connectivity index (χ0) is 23.4. The minimum Gasteiger partial charge on any atom is -0.363 e. The molecule has 2 aromatic carbocycles. The van der Waals surface area contributed by atoms with Crippen molar-refractivity contribution in [3.63, 3.8) is 0 Å². The SMILES string of the molecule is Cc1cc(C(=O)NC(Cc2ccccc2)C(=O)C(N)=O)nn1-c1ncc(-c2ccccc2)s1. The van der Waals surface area contributed by atoms with E-state index in [4.69, 9.17) is 5.73 Å². The van der Waals surface area contributed by atoms with Crippen LogP contribution >= 0.6 is 11.3 Å². The van der Waals surface area contributed by atoms with Crippen LogP contribution in [0.4, 0.5) is 0 Å². The van der Waals surface area contributed by atoms with Gasteiger partial charge in [0.05, 0.1) is 4.88 Å². The summed E-state index contributed by atoms with van der Waals surface area (Å²) >= 11 is 1.45. The molecule has 33 heavy (non-hydrogen) atoms. The molecule has 8 nitrogen and oxygen atoms in total. The molecule has 4 rings (SSSR count). The van der Waals surface area contributed by atoms with E-state index in [-0.39, 0.29) is 12.1 Å². The standard InChI is InChI=1S/C24H21N5O3S/c1-15-12-19(28-29(15)24-26-14-20(33-24)17-10-6-3-7-11-17)23(32)27-18(21(30)22(25)31)13-16-8-4-2-5-9-16/h2-12,14,18H,13H2,1H3,(H2,25,31)(H,27,32). The summed E-state index contributed by atoms with van der Waals surface area (Å²) in [6, 6.07) is 19.4. The Balaban J connectivity index is 1.55. The van der Waals surface area contributed by atoms with Crippen LogP contribution in [0.15, 0.2) is 72.9 Å². The molecule has 0 aliphatic rings. The van der Waals surface area contributed by atoms with Crippen LogP contribution in [-0.2, 0) is 16.0 Å². The highest BCUT2D eigenvalue weighted by Crippen LogP contribution is 2.28. The first-order chi connectivity index (χ1) is 15.9. The quantitative estimate of drug-likeness (QED) is 0.393. The number of carbonyl (C=O) groups is 3. The summed E-state index contributed by atoms with van der Waals surface area (Å²) in [5.74, 6) is -2.54. The summed E-state index contributed by atoms with van der Waals surface area (Å²) in [5, 5.41) is 7.59. The zero-order valence-corrected chi connectivity index (χ0v) is 18.6. The number of aryl methyl sites for hydroxylation is 1. The van der Waals surface area contributed by atoms with E-state index in [0.717, 1.165) is 16.0 Å². The maximum Gasteiger partial charge on any atom is 0.287 e. The van der Waals surface area contributed by atoms with Crippen molar-refractivity contribution < 1.29 is 14.4 Å². The number of amides is 2. The third-order valence-corrected chi connectivity index (χ3v) is 6.02. The molecule has 0 aliphatic carbocycles. The Kier molecular flexibility index (Phi) is 6.41. The van der Waals surface area contributed by atoms with Crippen LogP contribution < -0.4 is 11.1 Å². The molecule has 3 N–H and O–H groups in total. The van der Waals surface area contributed by atoms with Crippen LogP contribution in [0.25, 0.3) is 15.6 Å². The molecule has 0 radical (unpaired) electrons. The third-order valence-electron chi connectivity index (χ3n) is 5.00. The predicted octanol–water partition coefficient (Wildman–Crippen LogP) is 2.70. The third kappa shape index (κ3) is 5.04. The van der Waals surface area contributed by atoms with Crippen LogP contribution in [0, 0.1) is 6.92 Å². The van der Waals surface area contributed by atoms with Gasteiger partial charge in [-0.05, 0) is 24.1 Å². The van der Waals surface area contributed by atoms with Gasteiger partial charge in [-0.1, -0.05) is 72.0 Å². The second-order valence-electron chi connectivity index (χ2n) is 7.40. The van der Waals surface area contributed by atoms with E-state index in [1.807, 2.05) is 55.5 Å². The number of ketones is 1. The summed E-state index contributed by atoms with van der Waals surface area (Å²) in [6.07, 6.45) is 1.90. The fourth-order valence-electron chi connectivity index (χ4n) is 3.34. The molecule has 0 aliphatic heterocycles. The number of nitrogens with two attached hydrogens (primary N) is 1. The highest BCUT2D eigenvalue weighted by atomic mass is 32.1. The lowest BCUT2D eigenvalue weighted by Gasteiger charge is -2.15. The molecule has 166 valence electrons. The number of benzene rings is 2. The van der Waals surface area contributed by atoms with Crippen molar-refractivity contribution in [1.29, 1.82) is 0 Å². The number of primary amides is 1. The summed E-state index contributed by atoms with van der Waals surface area (Å²) in [6.45, 7) is 1.81. The Morgan fingerprint density at radius 1 is 1.06 bits per heavy atom. The van der Waals surface area contributed by atoms with Crippen LogP contribution in [0.1, 0.15) is 21.7 Å². The van der Waals surface area contributed by atoms with Crippen LogP contribution in [0.2, 0.25) is 0 Å². The highest BCUT2D eigenvalue weighted by Gasteiger charge is 2.27. The maximum atomic E-state index is 12.9. The van der Waals surface area contributed by atoms with Crippen molar-refractivity contribution in [3.8, 4) is 15.6 Å². The molecule has 0 saturated carbocycles. The Labute approximate surface area is 194 Å². The van der Waals surface area contributed by atoms with Crippen molar-refractivity contribution in [3.05, 3.63) is 89.9 Å². The molecule has 0 saturated heterocycles. The molecular weight excluding hydrogens is 438 g/mol. The minimum absolute atomic E-state index is 0.110. The van der Waals surface area contributed by atoms with Gasteiger partial charge >= 0.3 is 0 Å². The van der Waals surface area contributed by atoms with Crippen molar-refractivity contribution in [2.75, 3.05) is 0 Å². The van der Waals surface area contributed by atoms with Crippen molar-refractivity contribution in [2.45, 2.75) is 19.4 Å². The largest absolute Gasteiger partial charge is 0.363 e. The van der Waals surface area contributed by atoms with Crippen molar-refractivity contribution in [2.24, 2.45) is 5.73 Å². The normalized spacial score (nSPS) is 11.7. The molecule has 9 heteroatoms. The first-order valence-electron chi connectivity index (χ1n) is 10.2. The van der Waals surface area contributed by atoms with Gasteiger partial charge in [0.25, 0.3) is 11.8 Å². The summed E-state index contributed by atoms with van der Waals surface area (Å²) in [4.78, 5) is 42.1. The number of thiazole rings is 1. The molecule has 4 aromatic rings. The fraction of sp³-hybridized carbons (Fsp3) is 0.125. The number of nitrogens with one attached hydrogen (secondary N) is 1. The highest BCUT2D eigenvalue weighted by molar-refractivity contribution is 7.17. The number of carbonyl (C=O) groups excluding carboxylic acids is 3. The van der Waals surface area contributed by atoms with E-state index in [1.165, 1.54) is 11.3 Å². The second kappa shape index (κ2) is 9.58. The zero-order valence-electron chi connectivity index (χ0n) is 17.8. The molecule has 0 bridgehead atoms. The first kappa shape index (κ1) is 22.1. The van der Waals surface area contributed by atoms with E-state index in [2.05, 4.69) is 15.4 Å². The second-order valence-corrected chi connectivity index (χ2v) is 8.41. The lowest BCUT2D eigenvalue weighted by atomic mass is 10.0.